The molecule has 0 radical (unpaired) electrons. The molecule has 27 heavy (non-hydrogen) atoms. The van der Waals surface area contributed by atoms with Crippen LogP contribution in [-0.2, 0) is 12.3 Å². The average Bonchev–Trinajstić information content (AvgIpc) is 3.00. The van der Waals surface area contributed by atoms with E-state index in [0.29, 0.717) is 17.9 Å². The van der Waals surface area contributed by atoms with E-state index in [4.69, 9.17) is 4.42 Å². The summed E-state index contributed by atoms with van der Waals surface area (Å²) in [5.41, 5.74) is 2.34. The van der Waals surface area contributed by atoms with E-state index in [1.165, 1.54) is 5.56 Å². The van der Waals surface area contributed by atoms with Gasteiger partial charge in [0.25, 0.3) is 0 Å². The third-order valence-corrected chi connectivity index (χ3v) is 5.74. The zero-order valence-electron chi connectivity index (χ0n) is 14.6. The number of fused-ring (bicyclic) bond motifs is 1. The molecule has 0 aliphatic carbocycles. The molecule has 136 valence electrons. The number of halogens is 1. The van der Waals surface area contributed by atoms with Crippen LogP contribution in [0.4, 0.5) is 0 Å². The molecule has 7 heteroatoms. The van der Waals surface area contributed by atoms with Crippen LogP contribution >= 0.6 is 27.7 Å². The second-order valence-corrected chi connectivity index (χ2v) is 7.98. The van der Waals surface area contributed by atoms with Crippen molar-refractivity contribution in [1.82, 2.24) is 14.8 Å². The molecule has 5 nitrogen and oxygen atoms in total. The van der Waals surface area contributed by atoms with Gasteiger partial charge in [-0.1, -0.05) is 58.0 Å². The van der Waals surface area contributed by atoms with Crippen molar-refractivity contribution < 1.29 is 4.42 Å². The molecule has 2 aromatic heterocycles. The van der Waals surface area contributed by atoms with Crippen molar-refractivity contribution in [2.24, 2.45) is 0 Å². The maximum Gasteiger partial charge on any atom is 0.336 e. The Morgan fingerprint density at radius 3 is 2.74 bits per heavy atom. The van der Waals surface area contributed by atoms with Gasteiger partial charge in [-0.15, -0.1) is 10.2 Å². The second-order valence-electron chi connectivity index (χ2n) is 6.12. The van der Waals surface area contributed by atoms with Gasteiger partial charge in [-0.3, -0.25) is 0 Å². The molecular formula is C20H16BrN3O2S. The quantitative estimate of drug-likeness (QED) is 0.328. The monoisotopic (exact) mass is 441 g/mol. The van der Waals surface area contributed by atoms with E-state index in [-0.39, 0.29) is 5.63 Å². The highest BCUT2D eigenvalue weighted by Crippen LogP contribution is 2.28. The molecule has 0 atom stereocenters. The molecule has 4 rings (SSSR count). The predicted octanol–water partition coefficient (Wildman–Crippen LogP) is 4.80. The third-order valence-electron chi connectivity index (χ3n) is 4.23. The van der Waals surface area contributed by atoms with E-state index in [1.54, 1.807) is 17.8 Å². The molecule has 0 spiro atoms. The molecule has 2 heterocycles. The van der Waals surface area contributed by atoms with E-state index in [9.17, 15) is 4.79 Å². The molecule has 0 N–H and O–H groups in total. The van der Waals surface area contributed by atoms with Crippen LogP contribution < -0.4 is 5.63 Å². The van der Waals surface area contributed by atoms with Gasteiger partial charge in [-0.25, -0.2) is 4.79 Å². The Hall–Kier alpha value is -2.38. The molecule has 0 saturated heterocycles. The lowest BCUT2D eigenvalue weighted by Crippen LogP contribution is -2.04. The molecule has 0 saturated carbocycles. The Kier molecular flexibility index (Phi) is 5.13. The van der Waals surface area contributed by atoms with Crippen molar-refractivity contribution in [2.45, 2.75) is 24.4 Å². The summed E-state index contributed by atoms with van der Waals surface area (Å²) in [7, 11) is 0. The third kappa shape index (κ3) is 3.99. The molecular weight excluding hydrogens is 426 g/mol. The number of benzene rings is 2. The van der Waals surface area contributed by atoms with E-state index in [2.05, 4.69) is 42.8 Å². The van der Waals surface area contributed by atoms with E-state index < -0.39 is 0 Å². The van der Waals surface area contributed by atoms with Gasteiger partial charge in [-0.05, 0) is 36.2 Å². The van der Waals surface area contributed by atoms with Crippen LogP contribution in [0.25, 0.3) is 11.0 Å². The lowest BCUT2D eigenvalue weighted by molar-refractivity contribution is 0.559. The number of thioether (sulfide) groups is 1. The van der Waals surface area contributed by atoms with E-state index >= 15 is 0 Å². The van der Waals surface area contributed by atoms with Crippen molar-refractivity contribution in [3.63, 3.8) is 0 Å². The fourth-order valence-corrected chi connectivity index (χ4v) is 4.20. The van der Waals surface area contributed by atoms with Gasteiger partial charge < -0.3 is 8.98 Å². The second kappa shape index (κ2) is 7.70. The number of hydrogen-bond donors (Lipinski definition) is 0. The fourth-order valence-electron chi connectivity index (χ4n) is 2.88. The Labute approximate surface area is 168 Å². The number of nitrogens with zero attached hydrogens (tertiary/aromatic N) is 3. The van der Waals surface area contributed by atoms with E-state index in [1.807, 2.05) is 43.3 Å². The van der Waals surface area contributed by atoms with Crippen LogP contribution in [0.2, 0.25) is 0 Å². The van der Waals surface area contributed by atoms with Crippen LogP contribution in [0.5, 0.6) is 0 Å². The highest BCUT2D eigenvalue weighted by Gasteiger charge is 2.12. The molecule has 0 aliphatic heterocycles. The summed E-state index contributed by atoms with van der Waals surface area (Å²) in [6.45, 7) is 2.66. The lowest BCUT2D eigenvalue weighted by atomic mass is 10.1. The smallest absolute Gasteiger partial charge is 0.336 e. The largest absolute Gasteiger partial charge is 0.423 e. The molecule has 2 aromatic carbocycles. The zero-order valence-corrected chi connectivity index (χ0v) is 17.0. The van der Waals surface area contributed by atoms with E-state index in [0.717, 1.165) is 26.4 Å². The van der Waals surface area contributed by atoms with Gasteiger partial charge >= 0.3 is 5.63 Å². The van der Waals surface area contributed by atoms with Gasteiger partial charge in [0.2, 0.25) is 0 Å². The summed E-state index contributed by atoms with van der Waals surface area (Å²) in [5, 5.41) is 10.3. The van der Waals surface area contributed by atoms with Crippen molar-refractivity contribution in [3.8, 4) is 0 Å². The van der Waals surface area contributed by atoms with Crippen LogP contribution in [0.1, 0.15) is 17.0 Å². The van der Waals surface area contributed by atoms with Gasteiger partial charge in [-0.2, -0.15) is 0 Å². The van der Waals surface area contributed by atoms with Crippen LogP contribution in [0, 0.1) is 6.92 Å². The topological polar surface area (TPSA) is 60.9 Å². The first-order chi connectivity index (χ1) is 13.1. The van der Waals surface area contributed by atoms with Crippen molar-refractivity contribution >= 4 is 38.7 Å². The average molecular weight is 442 g/mol. The number of aromatic nitrogens is 3. The normalized spacial score (nSPS) is 11.2. The summed E-state index contributed by atoms with van der Waals surface area (Å²) >= 11 is 4.98. The maximum atomic E-state index is 11.9. The Morgan fingerprint density at radius 2 is 1.93 bits per heavy atom. The summed E-state index contributed by atoms with van der Waals surface area (Å²) in [5.74, 6) is 1.47. The van der Waals surface area contributed by atoms with Crippen molar-refractivity contribution in [2.75, 3.05) is 0 Å². The molecule has 4 aromatic rings. The van der Waals surface area contributed by atoms with Gasteiger partial charge in [0.15, 0.2) is 5.16 Å². The Balaban J connectivity index is 1.62. The summed E-state index contributed by atoms with van der Waals surface area (Å²) in [6, 6.07) is 17.5. The molecule has 0 bridgehead atoms. The predicted molar refractivity (Wildman–Crippen MR) is 110 cm³/mol. The summed E-state index contributed by atoms with van der Waals surface area (Å²) in [4.78, 5) is 11.9. The fraction of sp³-hybridized carbons (Fsp3) is 0.150. The van der Waals surface area contributed by atoms with Crippen LogP contribution in [0.3, 0.4) is 0 Å². The van der Waals surface area contributed by atoms with Gasteiger partial charge in [0.1, 0.15) is 11.4 Å². The Bertz CT molecular complexity index is 1160. The summed E-state index contributed by atoms with van der Waals surface area (Å²) in [6.07, 6.45) is 0. The SMILES string of the molecule is Cc1nnc(SCc2cc(=O)oc3cc(Br)ccc23)n1Cc1ccccc1. The minimum atomic E-state index is -0.349. The summed E-state index contributed by atoms with van der Waals surface area (Å²) < 4.78 is 8.28. The zero-order chi connectivity index (χ0) is 18.8. The van der Waals surface area contributed by atoms with Crippen molar-refractivity contribution in [1.29, 1.82) is 0 Å². The van der Waals surface area contributed by atoms with Crippen LogP contribution in [-0.4, -0.2) is 14.8 Å². The first kappa shape index (κ1) is 18.0. The molecule has 0 aliphatic rings. The van der Waals surface area contributed by atoms with Crippen molar-refractivity contribution in [3.05, 3.63) is 86.4 Å². The number of hydrogen-bond acceptors (Lipinski definition) is 5. The Morgan fingerprint density at radius 1 is 1.11 bits per heavy atom. The highest BCUT2D eigenvalue weighted by molar-refractivity contribution is 9.10. The molecule has 0 fully saturated rings. The standard InChI is InChI=1S/C20H16BrN3O2S/c1-13-22-23-20(24(13)11-14-5-3-2-4-6-14)27-12-15-9-19(25)26-18-10-16(21)7-8-17(15)18/h2-10H,11-12H2,1H3. The minimum absolute atomic E-state index is 0.349. The highest BCUT2D eigenvalue weighted by atomic mass is 79.9. The number of aryl methyl sites for hydroxylation is 1. The maximum absolute atomic E-state index is 11.9. The minimum Gasteiger partial charge on any atom is -0.423 e. The lowest BCUT2D eigenvalue weighted by Gasteiger charge is -2.09. The van der Waals surface area contributed by atoms with Gasteiger partial charge in [0, 0.05) is 21.7 Å². The first-order valence-electron chi connectivity index (χ1n) is 8.39. The molecule has 0 amide bonds. The molecule has 0 unspecified atom stereocenters. The number of rotatable bonds is 5. The van der Waals surface area contributed by atoms with Gasteiger partial charge in [0.05, 0.1) is 6.54 Å². The first-order valence-corrected chi connectivity index (χ1v) is 10.2. The van der Waals surface area contributed by atoms with Crippen LogP contribution in [0.15, 0.2) is 73.4 Å².